The van der Waals surface area contributed by atoms with E-state index >= 15 is 0 Å². The second-order valence-corrected chi connectivity index (χ2v) is 21.3. The fourth-order valence-corrected chi connectivity index (χ4v) is 4.24. The van der Waals surface area contributed by atoms with Crippen LogP contribution in [0.5, 0.6) is 0 Å². The molecule has 0 atom stereocenters. The Morgan fingerprint density at radius 2 is 0.847 bits per heavy atom. The lowest BCUT2D eigenvalue weighted by molar-refractivity contribution is 0.198. The largest absolute Gasteiger partial charge is 0.381 e. The molecule has 0 bridgehead atoms. The van der Waals surface area contributed by atoms with Gasteiger partial charge in [-0.25, -0.2) is 9.97 Å². The Bertz CT molecular complexity index is 1470. The highest BCUT2D eigenvalue weighted by molar-refractivity contribution is 5.65. The standard InChI is InChI=1S/C9H13N.3C8H12N2.C8H13N.C5H12.C4H8O.6C2H6.CH4/c1-9(2,3)8-5-4-6-10-7-8;1-8(2,3)7-4-9-6-10-5-7;1-8(2,3)7-6-9-4-5-10-7;1-8(2,3)7-5-4-6-9-10-7;1-8(2,3)7-4-5-9-6-7;1-5(2,3)4;1-2-4-5-3-1;6*1-2;/h4-7H,1-3H3;3*4-6H,1-3H3;5-6H,4H2,1-3H3;1-4H3;1-4H2;6*1-2H3;1H4. The summed E-state index contributed by atoms with van der Waals surface area (Å²) < 4.78 is 4.94. The Hall–Kier alpha value is -4.24. The van der Waals surface area contributed by atoms with Gasteiger partial charge in [-0.3, -0.25) is 19.9 Å². The summed E-state index contributed by atoms with van der Waals surface area (Å²) in [7, 11) is 0. The van der Waals surface area contributed by atoms with Crippen LogP contribution in [0.15, 0.2) is 96.9 Å². The quantitative estimate of drug-likeness (QED) is 0.171. The highest BCUT2D eigenvalue weighted by Crippen LogP contribution is 2.29. The maximum absolute atomic E-state index is 4.94. The predicted octanol–water partition coefficient (Wildman–Crippen LogP) is 19.7. The van der Waals surface area contributed by atoms with E-state index in [4.69, 9.17) is 4.74 Å². The van der Waals surface area contributed by atoms with Gasteiger partial charge in [-0.05, 0) is 69.4 Å². The van der Waals surface area contributed by atoms with Crippen LogP contribution in [0.4, 0.5) is 0 Å². The van der Waals surface area contributed by atoms with Gasteiger partial charge in [-0.2, -0.15) is 10.2 Å². The predicted molar refractivity (Wildman–Crippen MR) is 326 cm³/mol. The van der Waals surface area contributed by atoms with Gasteiger partial charge in [0.05, 0.1) is 11.4 Å². The normalized spacial score (nSPS) is 11.7. The average molecular weight is 1010 g/mol. The van der Waals surface area contributed by atoms with Crippen molar-refractivity contribution in [1.29, 1.82) is 0 Å². The van der Waals surface area contributed by atoms with E-state index in [2.05, 4.69) is 178 Å². The van der Waals surface area contributed by atoms with Crippen LogP contribution in [0.1, 0.15) is 264 Å². The zero-order chi connectivity index (χ0) is 57.4. The third kappa shape index (κ3) is 56.7. The topological polar surface area (TPSA) is 112 Å². The van der Waals surface area contributed by atoms with Gasteiger partial charge < -0.3 is 4.74 Å². The number of hydrogen-bond acceptors (Lipinski definition) is 9. The lowest BCUT2D eigenvalue weighted by Crippen LogP contribution is -2.13. The number of allylic oxidation sites excluding steroid dienone is 1. The van der Waals surface area contributed by atoms with Gasteiger partial charge >= 0.3 is 0 Å². The third-order valence-corrected chi connectivity index (χ3v) is 8.06. The molecule has 0 N–H and O–H groups in total. The third-order valence-electron chi connectivity index (χ3n) is 8.06. The maximum atomic E-state index is 4.94. The highest BCUT2D eigenvalue weighted by atomic mass is 16.5. The molecule has 420 valence electrons. The summed E-state index contributed by atoms with van der Waals surface area (Å²) in [6.07, 6.45) is 23.4. The second kappa shape index (κ2) is 50.3. The van der Waals surface area contributed by atoms with E-state index in [0.29, 0.717) is 10.8 Å². The molecule has 1 fully saturated rings. The molecule has 1 saturated heterocycles. The van der Waals surface area contributed by atoms with Gasteiger partial charge in [0, 0.05) is 92.5 Å². The molecule has 0 aliphatic carbocycles. The van der Waals surface area contributed by atoms with Crippen LogP contribution >= 0.6 is 0 Å². The monoisotopic (exact) mass is 1010 g/mol. The van der Waals surface area contributed by atoms with Crippen LogP contribution in [0.3, 0.4) is 0 Å². The SMILES string of the molecule is C.C1CCOC1.CC.CC.CC.CC.CC.CC.CC(C)(C)C.CC(C)(C)C1=CN=CC1.CC(C)(C)c1cccnc1.CC(C)(C)c1cccnn1.CC(C)(C)c1cnccn1.CC(C)(C)c1cncnc1. The number of nitrogens with zero attached hydrogens (tertiary/aromatic N) is 8. The van der Waals surface area contributed by atoms with Crippen molar-refractivity contribution in [2.24, 2.45) is 15.8 Å². The minimum atomic E-state index is 0. The Kier molecular flexibility index (Phi) is 59.1. The molecule has 9 nitrogen and oxygen atoms in total. The zero-order valence-electron chi connectivity index (χ0n) is 52.7. The summed E-state index contributed by atoms with van der Waals surface area (Å²) in [5.74, 6) is 0. The molecule has 2 aliphatic heterocycles. The van der Waals surface area contributed by atoms with Crippen molar-refractivity contribution in [2.45, 2.75) is 263 Å². The van der Waals surface area contributed by atoms with Crippen LogP contribution in [0.2, 0.25) is 0 Å². The molecule has 4 aromatic rings. The molecule has 0 spiro atoms. The summed E-state index contributed by atoms with van der Waals surface area (Å²) >= 11 is 0. The molecule has 0 aromatic carbocycles. The van der Waals surface area contributed by atoms with Crippen LogP contribution in [-0.2, 0) is 26.4 Å². The molecule has 6 heterocycles. The number of pyridine rings is 1. The van der Waals surface area contributed by atoms with Gasteiger partial charge in [0.15, 0.2) is 0 Å². The first-order chi connectivity index (χ1) is 33.0. The first-order valence-electron chi connectivity index (χ1n) is 27.0. The van der Waals surface area contributed by atoms with Crippen molar-refractivity contribution < 1.29 is 4.74 Å². The summed E-state index contributed by atoms with van der Waals surface area (Å²) in [5.41, 5.74) is 7.42. The van der Waals surface area contributed by atoms with E-state index in [1.54, 1.807) is 37.3 Å². The average Bonchev–Trinajstić information content (AvgIpc) is 4.13. The van der Waals surface area contributed by atoms with Gasteiger partial charge in [0.25, 0.3) is 0 Å². The molecule has 0 saturated carbocycles. The summed E-state index contributed by atoms with van der Waals surface area (Å²) in [4.78, 5) is 24.2. The molecule has 0 radical (unpaired) electrons. The molecular formula is C63H122N8O. The van der Waals surface area contributed by atoms with Crippen LogP contribution in [0, 0.1) is 10.8 Å². The summed E-state index contributed by atoms with van der Waals surface area (Å²) in [5, 5.41) is 7.80. The Balaban J connectivity index is -0.000000108. The molecule has 4 aromatic heterocycles. The molecule has 9 heteroatoms. The Morgan fingerprint density at radius 1 is 0.431 bits per heavy atom. The molecular weight excluding hydrogens is 885 g/mol. The van der Waals surface area contributed by atoms with Crippen LogP contribution < -0.4 is 0 Å². The van der Waals surface area contributed by atoms with E-state index < -0.39 is 0 Å². The molecule has 72 heavy (non-hydrogen) atoms. The van der Waals surface area contributed by atoms with Gasteiger partial charge in [-0.15, -0.1) is 0 Å². The number of rotatable bonds is 0. The lowest BCUT2D eigenvalue weighted by Gasteiger charge is -2.18. The molecule has 0 amide bonds. The van der Waals surface area contributed by atoms with E-state index in [1.165, 1.54) is 29.5 Å². The van der Waals surface area contributed by atoms with E-state index in [1.807, 2.05) is 132 Å². The lowest BCUT2D eigenvalue weighted by atomic mass is 9.86. The second-order valence-electron chi connectivity index (χ2n) is 21.3. The number of aliphatic imine (C=N–C) groups is 1. The van der Waals surface area contributed by atoms with Crippen LogP contribution in [0.25, 0.3) is 0 Å². The van der Waals surface area contributed by atoms with Crippen molar-refractivity contribution in [3.8, 4) is 0 Å². The smallest absolute Gasteiger partial charge is 0.115 e. The highest BCUT2D eigenvalue weighted by Gasteiger charge is 2.18. The Morgan fingerprint density at radius 3 is 1.06 bits per heavy atom. The van der Waals surface area contributed by atoms with E-state index in [0.717, 1.165) is 31.0 Å². The van der Waals surface area contributed by atoms with Crippen molar-refractivity contribution in [2.75, 3.05) is 13.2 Å². The number of aromatic nitrogens is 7. The van der Waals surface area contributed by atoms with Gasteiger partial charge in [0.1, 0.15) is 6.33 Å². The van der Waals surface area contributed by atoms with Gasteiger partial charge in [-0.1, -0.05) is 228 Å². The van der Waals surface area contributed by atoms with Gasteiger partial charge in [0.2, 0.25) is 0 Å². The Labute approximate surface area is 450 Å². The molecule has 6 rings (SSSR count). The molecule has 2 aliphatic rings. The van der Waals surface area contributed by atoms with E-state index in [-0.39, 0.29) is 29.1 Å². The maximum Gasteiger partial charge on any atom is 0.115 e. The van der Waals surface area contributed by atoms with Crippen molar-refractivity contribution in [3.05, 3.63) is 114 Å². The first-order valence-corrected chi connectivity index (χ1v) is 27.0. The van der Waals surface area contributed by atoms with Crippen molar-refractivity contribution >= 4 is 6.21 Å². The minimum Gasteiger partial charge on any atom is -0.381 e. The fourth-order valence-electron chi connectivity index (χ4n) is 4.24. The number of ether oxygens (including phenoxy) is 1. The zero-order valence-corrected chi connectivity index (χ0v) is 52.7. The molecule has 0 unspecified atom stereocenters. The van der Waals surface area contributed by atoms with E-state index in [9.17, 15) is 0 Å². The fraction of sp³-hybridized carbons (Fsp3) is 0.683. The van der Waals surface area contributed by atoms with Crippen molar-refractivity contribution in [3.63, 3.8) is 0 Å². The first kappa shape index (κ1) is 84.6. The summed E-state index contributed by atoms with van der Waals surface area (Å²) in [6.45, 7) is 67.1. The minimum absolute atomic E-state index is 0. The number of hydrogen-bond donors (Lipinski definition) is 0. The van der Waals surface area contributed by atoms with Crippen LogP contribution in [-0.4, -0.2) is 54.5 Å². The van der Waals surface area contributed by atoms with Crippen molar-refractivity contribution in [1.82, 2.24) is 35.1 Å². The summed E-state index contributed by atoms with van der Waals surface area (Å²) in [6, 6.07) is 7.98.